The molecule has 0 aliphatic heterocycles. The summed E-state index contributed by atoms with van der Waals surface area (Å²) in [5.41, 5.74) is 6.51. The fourth-order valence-electron chi connectivity index (χ4n) is 2.37. The van der Waals surface area contributed by atoms with E-state index in [-0.39, 0.29) is 6.54 Å². The van der Waals surface area contributed by atoms with Gasteiger partial charge in [0.05, 0.1) is 0 Å². The van der Waals surface area contributed by atoms with Crippen molar-refractivity contribution in [2.75, 3.05) is 0 Å². The third-order valence-corrected chi connectivity index (χ3v) is 4.47. The van der Waals surface area contributed by atoms with E-state index in [1.54, 1.807) is 16.3 Å². The molecule has 0 aliphatic carbocycles. The molecule has 22 heavy (non-hydrogen) atoms. The molecule has 5 nitrogen and oxygen atoms in total. The van der Waals surface area contributed by atoms with Gasteiger partial charge in [0, 0.05) is 5.75 Å². The van der Waals surface area contributed by atoms with E-state index in [2.05, 4.69) is 40.5 Å². The van der Waals surface area contributed by atoms with Crippen LogP contribution in [0.2, 0.25) is 0 Å². The Morgan fingerprint density at radius 2 is 1.95 bits per heavy atom. The Kier molecular flexibility index (Phi) is 4.11. The Bertz CT molecular complexity index is 823. The van der Waals surface area contributed by atoms with Crippen molar-refractivity contribution in [1.82, 2.24) is 14.8 Å². The van der Waals surface area contributed by atoms with Gasteiger partial charge in [-0.3, -0.25) is 9.36 Å². The number of carbonyl (C=O) groups excluding carboxylic acids is 1. The molecule has 0 spiro atoms. The number of amides is 1. The van der Waals surface area contributed by atoms with E-state index in [0.717, 1.165) is 5.75 Å². The molecule has 0 unspecified atom stereocenters. The van der Waals surface area contributed by atoms with Gasteiger partial charge < -0.3 is 5.73 Å². The number of primary amides is 1. The predicted molar refractivity (Wildman–Crippen MR) is 87.5 cm³/mol. The zero-order chi connectivity index (χ0) is 15.5. The van der Waals surface area contributed by atoms with Crippen molar-refractivity contribution in [3.8, 4) is 0 Å². The molecule has 1 amide bonds. The first kappa shape index (κ1) is 14.6. The molecule has 112 valence electrons. The fraction of sp³-hybridized carbons (Fsp3) is 0.188. The summed E-state index contributed by atoms with van der Waals surface area (Å²) < 4.78 is 1.75. The maximum atomic E-state index is 11.2. The summed E-state index contributed by atoms with van der Waals surface area (Å²) in [5.74, 6) is 1.06. The van der Waals surface area contributed by atoms with Gasteiger partial charge in [-0.15, -0.1) is 10.2 Å². The molecule has 0 aliphatic rings. The molecule has 3 rings (SSSR count). The third kappa shape index (κ3) is 2.96. The van der Waals surface area contributed by atoms with Crippen LogP contribution in [0.4, 0.5) is 0 Å². The second kappa shape index (κ2) is 6.19. The molecule has 6 heteroatoms. The molecule has 0 bridgehead atoms. The van der Waals surface area contributed by atoms with Crippen LogP contribution < -0.4 is 5.73 Å². The minimum atomic E-state index is -0.394. The highest BCUT2D eigenvalue weighted by Crippen LogP contribution is 2.26. The molecule has 2 aromatic carbocycles. The quantitative estimate of drug-likeness (QED) is 0.735. The van der Waals surface area contributed by atoms with Crippen LogP contribution in [0.5, 0.6) is 0 Å². The maximum absolute atomic E-state index is 11.2. The molecular formula is C16H16N4OS. The van der Waals surface area contributed by atoms with Gasteiger partial charge in [0.1, 0.15) is 12.4 Å². The van der Waals surface area contributed by atoms with Crippen molar-refractivity contribution < 1.29 is 4.79 Å². The van der Waals surface area contributed by atoms with Crippen LogP contribution in [0, 0.1) is 6.92 Å². The number of hydrogen-bond donors (Lipinski definition) is 1. The zero-order valence-corrected chi connectivity index (χ0v) is 13.0. The Labute approximate surface area is 132 Å². The summed E-state index contributed by atoms with van der Waals surface area (Å²) in [7, 11) is 0. The van der Waals surface area contributed by atoms with Crippen molar-refractivity contribution >= 4 is 28.4 Å². The molecule has 0 fully saturated rings. The number of rotatable bonds is 5. The highest BCUT2D eigenvalue weighted by molar-refractivity contribution is 7.98. The van der Waals surface area contributed by atoms with Crippen molar-refractivity contribution in [3.05, 3.63) is 53.9 Å². The van der Waals surface area contributed by atoms with Gasteiger partial charge in [0.25, 0.3) is 0 Å². The Morgan fingerprint density at radius 1 is 1.18 bits per heavy atom. The number of nitrogens with zero attached hydrogens (tertiary/aromatic N) is 3. The summed E-state index contributed by atoms with van der Waals surface area (Å²) in [4.78, 5) is 11.2. The lowest BCUT2D eigenvalue weighted by Gasteiger charge is -2.08. The van der Waals surface area contributed by atoms with Gasteiger partial charge in [0.2, 0.25) is 5.91 Å². The first-order valence-corrected chi connectivity index (χ1v) is 7.91. The summed E-state index contributed by atoms with van der Waals surface area (Å²) in [6.07, 6.45) is 0. The number of hydrogen-bond acceptors (Lipinski definition) is 4. The number of aryl methyl sites for hydroxylation is 1. The minimum Gasteiger partial charge on any atom is -0.368 e. The van der Waals surface area contributed by atoms with Crippen LogP contribution in [-0.4, -0.2) is 20.7 Å². The van der Waals surface area contributed by atoms with Crippen molar-refractivity contribution in [2.45, 2.75) is 24.4 Å². The topological polar surface area (TPSA) is 73.8 Å². The van der Waals surface area contributed by atoms with E-state index >= 15 is 0 Å². The van der Waals surface area contributed by atoms with Crippen LogP contribution in [0.1, 0.15) is 11.4 Å². The molecule has 2 N–H and O–H groups in total. The lowest BCUT2D eigenvalue weighted by Crippen LogP contribution is -2.20. The molecule has 3 aromatic rings. The van der Waals surface area contributed by atoms with Crippen LogP contribution in [0.3, 0.4) is 0 Å². The van der Waals surface area contributed by atoms with Crippen molar-refractivity contribution in [3.63, 3.8) is 0 Å². The highest BCUT2D eigenvalue weighted by Gasteiger charge is 2.12. The standard InChI is InChI=1S/C16H16N4OS/c1-11-18-19-16(20(11)9-15(17)21)22-10-13-7-4-6-12-5-2-3-8-14(12)13/h2-8H,9-10H2,1H3,(H2,17,21). The summed E-state index contributed by atoms with van der Waals surface area (Å²) in [5, 5.41) is 11.3. The highest BCUT2D eigenvalue weighted by atomic mass is 32.2. The van der Waals surface area contributed by atoms with E-state index in [0.29, 0.717) is 11.0 Å². The van der Waals surface area contributed by atoms with Crippen LogP contribution >= 0.6 is 11.8 Å². The fourth-order valence-corrected chi connectivity index (χ4v) is 3.35. The predicted octanol–water partition coefficient (Wildman–Crippen LogP) is 2.52. The maximum Gasteiger partial charge on any atom is 0.237 e. The number of nitrogens with two attached hydrogens (primary N) is 1. The Balaban J connectivity index is 1.84. The average Bonchev–Trinajstić information content (AvgIpc) is 2.85. The van der Waals surface area contributed by atoms with Gasteiger partial charge in [0.15, 0.2) is 5.16 Å². The van der Waals surface area contributed by atoms with E-state index in [1.165, 1.54) is 16.3 Å². The Morgan fingerprint density at radius 3 is 2.77 bits per heavy atom. The largest absolute Gasteiger partial charge is 0.368 e. The zero-order valence-electron chi connectivity index (χ0n) is 12.2. The third-order valence-electron chi connectivity index (χ3n) is 3.45. The van der Waals surface area contributed by atoms with Crippen molar-refractivity contribution in [2.24, 2.45) is 5.73 Å². The van der Waals surface area contributed by atoms with E-state index in [9.17, 15) is 4.79 Å². The van der Waals surface area contributed by atoms with E-state index in [1.807, 2.05) is 19.1 Å². The normalized spacial score (nSPS) is 11.0. The lowest BCUT2D eigenvalue weighted by molar-refractivity contribution is -0.118. The van der Waals surface area contributed by atoms with E-state index in [4.69, 9.17) is 5.73 Å². The SMILES string of the molecule is Cc1nnc(SCc2cccc3ccccc23)n1CC(N)=O. The van der Waals surface area contributed by atoms with Crippen LogP contribution in [-0.2, 0) is 17.1 Å². The number of carbonyl (C=O) groups is 1. The second-order valence-electron chi connectivity index (χ2n) is 5.01. The Hall–Kier alpha value is -2.34. The molecule has 0 saturated heterocycles. The number of benzene rings is 2. The van der Waals surface area contributed by atoms with E-state index < -0.39 is 5.91 Å². The number of aromatic nitrogens is 3. The monoisotopic (exact) mass is 312 g/mol. The summed E-state index contributed by atoms with van der Waals surface area (Å²) >= 11 is 1.56. The average molecular weight is 312 g/mol. The summed E-state index contributed by atoms with van der Waals surface area (Å²) in [6.45, 7) is 1.93. The lowest BCUT2D eigenvalue weighted by atomic mass is 10.1. The minimum absolute atomic E-state index is 0.108. The molecule has 1 aromatic heterocycles. The van der Waals surface area contributed by atoms with Gasteiger partial charge in [-0.1, -0.05) is 54.2 Å². The number of fused-ring (bicyclic) bond motifs is 1. The molecule has 0 atom stereocenters. The molecule has 0 saturated carbocycles. The van der Waals surface area contributed by atoms with Gasteiger partial charge in [-0.25, -0.2) is 0 Å². The molecule has 1 heterocycles. The van der Waals surface area contributed by atoms with Crippen LogP contribution in [0.25, 0.3) is 10.8 Å². The second-order valence-corrected chi connectivity index (χ2v) is 5.95. The number of thioether (sulfide) groups is 1. The smallest absolute Gasteiger partial charge is 0.237 e. The van der Waals surface area contributed by atoms with Gasteiger partial charge in [-0.2, -0.15) is 0 Å². The first-order chi connectivity index (χ1) is 10.6. The summed E-state index contributed by atoms with van der Waals surface area (Å²) in [6, 6.07) is 14.5. The molecule has 0 radical (unpaired) electrons. The van der Waals surface area contributed by atoms with Gasteiger partial charge >= 0.3 is 0 Å². The molecular weight excluding hydrogens is 296 g/mol. The first-order valence-electron chi connectivity index (χ1n) is 6.92. The van der Waals surface area contributed by atoms with Gasteiger partial charge in [-0.05, 0) is 23.3 Å². The van der Waals surface area contributed by atoms with Crippen molar-refractivity contribution in [1.29, 1.82) is 0 Å². The van der Waals surface area contributed by atoms with Crippen LogP contribution in [0.15, 0.2) is 47.6 Å².